The highest BCUT2D eigenvalue weighted by atomic mass is 19.1. The Bertz CT molecular complexity index is 938. The molecule has 3 atom stereocenters. The van der Waals surface area contributed by atoms with Gasteiger partial charge in [-0.3, -0.25) is 9.59 Å². The van der Waals surface area contributed by atoms with Gasteiger partial charge in [0.1, 0.15) is 18.2 Å². The van der Waals surface area contributed by atoms with Gasteiger partial charge in [0.15, 0.2) is 0 Å². The first-order valence-corrected chi connectivity index (χ1v) is 9.52. The second-order valence-electron chi connectivity index (χ2n) is 7.57. The Morgan fingerprint density at radius 3 is 2.79 bits per heavy atom. The number of methoxy groups -OCH3 is 1. The number of likely N-dealkylation sites (tertiary alicyclic amines) is 1. The predicted molar refractivity (Wildman–Crippen MR) is 105 cm³/mol. The second-order valence-corrected chi connectivity index (χ2v) is 7.57. The van der Waals surface area contributed by atoms with Crippen LogP contribution >= 0.6 is 0 Å². The zero-order valence-electron chi connectivity index (χ0n) is 16.1. The molecule has 2 N–H and O–H groups in total. The highest BCUT2D eigenvalue weighted by Crippen LogP contribution is 2.45. The van der Waals surface area contributed by atoms with Crippen molar-refractivity contribution < 1.29 is 18.7 Å². The Balaban J connectivity index is 1.63. The van der Waals surface area contributed by atoms with Crippen LogP contribution in [0.4, 0.5) is 10.2 Å². The van der Waals surface area contributed by atoms with Gasteiger partial charge in [-0.05, 0) is 29.8 Å². The highest BCUT2D eigenvalue weighted by Gasteiger charge is 2.49. The largest absolute Gasteiger partial charge is 0.375 e. The van der Waals surface area contributed by atoms with E-state index in [0.717, 1.165) is 5.56 Å². The average molecular weight is 398 g/mol. The molecule has 0 unspecified atom stereocenters. The molecule has 0 aliphatic carbocycles. The number of nitrogens with two attached hydrogens (primary N) is 1. The molecule has 8 heteroatoms. The molecule has 2 fully saturated rings. The van der Waals surface area contributed by atoms with E-state index in [0.29, 0.717) is 31.0 Å². The van der Waals surface area contributed by atoms with Gasteiger partial charge in [0.2, 0.25) is 11.8 Å². The van der Waals surface area contributed by atoms with Crippen molar-refractivity contribution >= 4 is 17.6 Å². The van der Waals surface area contributed by atoms with Crippen LogP contribution in [0, 0.1) is 17.7 Å². The number of pyridine rings is 1. The van der Waals surface area contributed by atoms with Crippen molar-refractivity contribution in [2.75, 3.05) is 38.3 Å². The Morgan fingerprint density at radius 2 is 2.07 bits per heavy atom. The van der Waals surface area contributed by atoms with Gasteiger partial charge >= 0.3 is 0 Å². The van der Waals surface area contributed by atoms with Crippen LogP contribution in [0.2, 0.25) is 0 Å². The van der Waals surface area contributed by atoms with E-state index in [4.69, 9.17) is 10.5 Å². The fourth-order valence-electron chi connectivity index (χ4n) is 4.56. The van der Waals surface area contributed by atoms with E-state index >= 15 is 0 Å². The molecule has 2 aliphatic rings. The number of fused-ring (bicyclic) bond motifs is 1. The molecular weight excluding hydrogens is 375 g/mol. The van der Waals surface area contributed by atoms with Gasteiger partial charge < -0.3 is 20.3 Å². The quantitative estimate of drug-likeness (QED) is 0.827. The minimum absolute atomic E-state index is 0.00280. The van der Waals surface area contributed by atoms with Gasteiger partial charge in [-0.1, -0.05) is 12.1 Å². The normalized spacial score (nSPS) is 23.3. The van der Waals surface area contributed by atoms with Gasteiger partial charge in [0.05, 0.1) is 6.04 Å². The highest BCUT2D eigenvalue weighted by molar-refractivity contribution is 5.93. The van der Waals surface area contributed by atoms with Gasteiger partial charge in [0, 0.05) is 50.3 Å². The minimum Gasteiger partial charge on any atom is -0.375 e. The zero-order valence-corrected chi connectivity index (χ0v) is 16.1. The maximum atomic E-state index is 13.9. The number of halogens is 1. The monoisotopic (exact) mass is 398 g/mol. The summed E-state index contributed by atoms with van der Waals surface area (Å²) in [7, 11) is 1.49. The topological polar surface area (TPSA) is 88.8 Å². The molecule has 0 bridgehead atoms. The number of anilines is 1. The Hall–Kier alpha value is -3.00. The van der Waals surface area contributed by atoms with Gasteiger partial charge in [-0.2, -0.15) is 0 Å². The first kappa shape index (κ1) is 19.3. The Labute approximate surface area is 168 Å². The zero-order chi connectivity index (χ0) is 20.5. The summed E-state index contributed by atoms with van der Waals surface area (Å²) in [6, 6.07) is 9.46. The van der Waals surface area contributed by atoms with Crippen LogP contribution in [-0.2, 0) is 9.53 Å². The van der Waals surface area contributed by atoms with Crippen molar-refractivity contribution in [3.8, 4) is 0 Å². The van der Waals surface area contributed by atoms with Gasteiger partial charge in [-0.15, -0.1) is 0 Å². The van der Waals surface area contributed by atoms with Crippen molar-refractivity contribution in [3.05, 3.63) is 59.5 Å². The number of hydrogen-bond acceptors (Lipinski definition) is 5. The Kier molecular flexibility index (Phi) is 5.19. The first-order valence-electron chi connectivity index (χ1n) is 9.52. The van der Waals surface area contributed by atoms with Gasteiger partial charge in [-0.25, -0.2) is 9.37 Å². The Morgan fingerprint density at radius 1 is 1.24 bits per heavy atom. The van der Waals surface area contributed by atoms with Crippen molar-refractivity contribution in [1.29, 1.82) is 0 Å². The maximum Gasteiger partial charge on any atom is 0.249 e. The smallest absolute Gasteiger partial charge is 0.249 e. The molecule has 2 aliphatic heterocycles. The van der Waals surface area contributed by atoms with Crippen molar-refractivity contribution in [2.24, 2.45) is 17.6 Å². The molecule has 152 valence electrons. The van der Waals surface area contributed by atoms with Crippen LogP contribution in [0.25, 0.3) is 0 Å². The summed E-state index contributed by atoms with van der Waals surface area (Å²) in [5, 5.41) is 0. The number of hydrogen-bond donors (Lipinski definition) is 1. The first-order chi connectivity index (χ1) is 14.0. The lowest BCUT2D eigenvalue weighted by Crippen LogP contribution is -2.37. The summed E-state index contributed by atoms with van der Waals surface area (Å²) in [5.74, 6) is 0.0950. The molecule has 29 heavy (non-hydrogen) atoms. The molecule has 0 radical (unpaired) electrons. The van der Waals surface area contributed by atoms with E-state index in [9.17, 15) is 14.0 Å². The molecule has 2 amide bonds. The summed E-state index contributed by atoms with van der Waals surface area (Å²) in [6.45, 7) is 1.91. The lowest BCUT2D eigenvalue weighted by molar-refractivity contribution is -0.136. The lowest BCUT2D eigenvalue weighted by Gasteiger charge is -2.30. The van der Waals surface area contributed by atoms with Crippen LogP contribution in [-0.4, -0.2) is 55.0 Å². The van der Waals surface area contributed by atoms with E-state index in [1.165, 1.54) is 19.2 Å². The number of amides is 2. The molecule has 2 saturated heterocycles. The number of ether oxygens (including phenoxy) is 1. The summed E-state index contributed by atoms with van der Waals surface area (Å²) < 4.78 is 19.0. The predicted octanol–water partition coefficient (Wildman–Crippen LogP) is 1.60. The minimum atomic E-state index is -0.498. The summed E-state index contributed by atoms with van der Waals surface area (Å²) in [5.41, 5.74) is 6.58. The fraction of sp³-hybridized carbons (Fsp3) is 0.381. The van der Waals surface area contributed by atoms with E-state index in [-0.39, 0.29) is 36.2 Å². The van der Waals surface area contributed by atoms with Crippen molar-refractivity contribution in [2.45, 2.75) is 6.04 Å². The van der Waals surface area contributed by atoms with Crippen LogP contribution in [0.3, 0.4) is 0 Å². The average Bonchev–Trinajstić information content (AvgIpc) is 3.26. The van der Waals surface area contributed by atoms with E-state index in [1.807, 2.05) is 6.07 Å². The third-order valence-corrected chi connectivity index (χ3v) is 5.80. The molecule has 0 spiro atoms. The number of benzene rings is 1. The van der Waals surface area contributed by atoms with Crippen LogP contribution < -0.4 is 10.6 Å². The van der Waals surface area contributed by atoms with E-state index in [1.54, 1.807) is 29.3 Å². The second kappa shape index (κ2) is 7.79. The van der Waals surface area contributed by atoms with Crippen molar-refractivity contribution in [1.82, 2.24) is 9.88 Å². The molecule has 3 heterocycles. The molecule has 2 aromatic rings. The van der Waals surface area contributed by atoms with Crippen LogP contribution in [0.5, 0.6) is 0 Å². The SMILES string of the molecule is COCC(=O)N1C[C@H]2CN(c3cc(C(N)=O)ccn3)C[C@H]2[C@@H]1c1cccc(F)c1. The summed E-state index contributed by atoms with van der Waals surface area (Å²) in [4.78, 5) is 32.4. The van der Waals surface area contributed by atoms with Crippen LogP contribution in [0.1, 0.15) is 22.0 Å². The number of carbonyl (C=O) groups is 2. The molecule has 0 saturated carbocycles. The third kappa shape index (κ3) is 3.67. The van der Waals surface area contributed by atoms with E-state index in [2.05, 4.69) is 9.88 Å². The third-order valence-electron chi connectivity index (χ3n) is 5.80. The van der Waals surface area contributed by atoms with Crippen LogP contribution in [0.15, 0.2) is 42.6 Å². The summed E-state index contributed by atoms with van der Waals surface area (Å²) >= 11 is 0. The summed E-state index contributed by atoms with van der Waals surface area (Å²) in [6.07, 6.45) is 1.57. The molecular formula is C21H23FN4O3. The number of rotatable bonds is 5. The lowest BCUT2D eigenvalue weighted by atomic mass is 9.89. The number of aromatic nitrogens is 1. The van der Waals surface area contributed by atoms with E-state index < -0.39 is 5.91 Å². The van der Waals surface area contributed by atoms with Crippen molar-refractivity contribution in [3.63, 3.8) is 0 Å². The molecule has 4 rings (SSSR count). The number of primary amides is 1. The maximum absolute atomic E-state index is 13.9. The number of nitrogens with zero attached hydrogens (tertiary/aromatic N) is 3. The number of carbonyl (C=O) groups excluding carboxylic acids is 2. The fourth-order valence-corrected chi connectivity index (χ4v) is 4.56. The standard InChI is InChI=1S/C21H23FN4O3/c1-29-12-19(27)26-10-15-9-25(18-8-14(21(23)28)5-6-24-18)11-17(15)20(26)13-3-2-4-16(22)7-13/h2-8,15,17,20H,9-12H2,1H3,(H2,23,28)/t15-,17-,20+/m1/s1. The van der Waals surface area contributed by atoms with Gasteiger partial charge in [0.25, 0.3) is 0 Å². The molecule has 7 nitrogen and oxygen atoms in total. The molecule has 1 aromatic carbocycles. The molecule has 1 aromatic heterocycles.